The minimum atomic E-state index is 0.436. The molecule has 0 bridgehead atoms. The number of rotatable bonds is 3. The van der Waals surface area contributed by atoms with Gasteiger partial charge in [0.1, 0.15) is 0 Å². The molecule has 0 N–H and O–H groups in total. The lowest BCUT2D eigenvalue weighted by Gasteiger charge is -2.11. The predicted molar refractivity (Wildman–Crippen MR) is 57.6 cm³/mol. The molecule has 0 aromatic heterocycles. The largest absolute Gasteiger partial charge is 0.153 e. The van der Waals surface area contributed by atoms with Gasteiger partial charge in [0.15, 0.2) is 0 Å². The van der Waals surface area contributed by atoms with Crippen LogP contribution in [0, 0.1) is 6.92 Å². The minimum absolute atomic E-state index is 0.436. The third-order valence-electron chi connectivity index (χ3n) is 1.96. The molecule has 0 spiro atoms. The first-order chi connectivity index (χ1) is 5.79. The Morgan fingerprint density at radius 1 is 1.42 bits per heavy atom. The van der Waals surface area contributed by atoms with Crippen molar-refractivity contribution in [2.75, 3.05) is 6.26 Å². The van der Waals surface area contributed by atoms with Gasteiger partial charge in [-0.2, -0.15) is 11.8 Å². The molecule has 1 atom stereocenters. The van der Waals surface area contributed by atoms with Gasteiger partial charge in [0.25, 0.3) is 0 Å². The fourth-order valence-corrected chi connectivity index (χ4v) is 1.97. The lowest BCUT2D eigenvalue weighted by Crippen LogP contribution is -1.91. The Labute approximate surface area is 78.7 Å². The number of benzene rings is 1. The normalized spacial score (nSPS) is 12.5. The smallest absolute Gasteiger partial charge is 0.0474 e. The molecule has 0 radical (unpaired) electrons. The zero-order valence-electron chi connectivity index (χ0n) is 7.58. The molecule has 0 saturated heterocycles. The van der Waals surface area contributed by atoms with E-state index >= 15 is 0 Å². The van der Waals surface area contributed by atoms with E-state index in [9.17, 15) is 0 Å². The summed E-state index contributed by atoms with van der Waals surface area (Å²) in [7, 11) is 0. The SMILES string of the molecule is C=CC(SC)c1ccccc1C. The maximum atomic E-state index is 3.83. The van der Waals surface area contributed by atoms with Gasteiger partial charge in [-0.15, -0.1) is 6.58 Å². The molecule has 0 aliphatic carbocycles. The summed E-state index contributed by atoms with van der Waals surface area (Å²) in [5.41, 5.74) is 2.72. The van der Waals surface area contributed by atoms with E-state index in [-0.39, 0.29) is 0 Å². The Bertz CT molecular complexity index is 265. The minimum Gasteiger partial charge on any atom is -0.153 e. The molecule has 1 aromatic carbocycles. The summed E-state index contributed by atoms with van der Waals surface area (Å²) in [5, 5.41) is 0.436. The highest BCUT2D eigenvalue weighted by Gasteiger charge is 2.06. The van der Waals surface area contributed by atoms with Crippen molar-refractivity contribution in [3.05, 3.63) is 48.0 Å². The van der Waals surface area contributed by atoms with E-state index in [1.54, 1.807) is 0 Å². The summed E-state index contributed by atoms with van der Waals surface area (Å²) in [6.45, 7) is 5.97. The van der Waals surface area contributed by atoms with Crippen molar-refractivity contribution in [3.63, 3.8) is 0 Å². The number of aryl methyl sites for hydroxylation is 1. The van der Waals surface area contributed by atoms with Crippen LogP contribution in [0.15, 0.2) is 36.9 Å². The van der Waals surface area contributed by atoms with Crippen LogP contribution in [0.4, 0.5) is 0 Å². The highest BCUT2D eigenvalue weighted by Crippen LogP contribution is 2.29. The second kappa shape index (κ2) is 4.36. The predicted octanol–water partition coefficient (Wildman–Crippen LogP) is 3.59. The second-order valence-corrected chi connectivity index (χ2v) is 3.73. The van der Waals surface area contributed by atoms with Gasteiger partial charge in [-0.05, 0) is 24.3 Å². The van der Waals surface area contributed by atoms with Gasteiger partial charge >= 0.3 is 0 Å². The topological polar surface area (TPSA) is 0 Å². The highest BCUT2D eigenvalue weighted by atomic mass is 32.2. The van der Waals surface area contributed by atoms with Crippen molar-refractivity contribution < 1.29 is 0 Å². The van der Waals surface area contributed by atoms with Crippen LogP contribution in [0.2, 0.25) is 0 Å². The maximum absolute atomic E-state index is 3.83. The molecule has 64 valence electrons. The summed E-state index contributed by atoms with van der Waals surface area (Å²) < 4.78 is 0. The summed E-state index contributed by atoms with van der Waals surface area (Å²) >= 11 is 1.82. The first-order valence-electron chi connectivity index (χ1n) is 4.00. The molecular weight excluding hydrogens is 164 g/mol. The first-order valence-corrected chi connectivity index (χ1v) is 5.29. The third kappa shape index (κ3) is 1.92. The van der Waals surface area contributed by atoms with Crippen LogP contribution >= 0.6 is 11.8 Å². The van der Waals surface area contributed by atoms with Gasteiger partial charge in [-0.1, -0.05) is 30.3 Å². The van der Waals surface area contributed by atoms with Crippen molar-refractivity contribution >= 4 is 11.8 Å². The van der Waals surface area contributed by atoms with Gasteiger partial charge < -0.3 is 0 Å². The van der Waals surface area contributed by atoms with Crippen LogP contribution in [0.1, 0.15) is 16.4 Å². The zero-order valence-corrected chi connectivity index (χ0v) is 8.40. The van der Waals surface area contributed by atoms with Crippen molar-refractivity contribution in [2.45, 2.75) is 12.2 Å². The molecule has 0 fully saturated rings. The van der Waals surface area contributed by atoms with Crippen molar-refractivity contribution in [3.8, 4) is 0 Å². The average Bonchev–Trinajstić information content (AvgIpc) is 2.10. The Balaban J connectivity index is 3.00. The molecule has 0 nitrogen and oxygen atoms in total. The quantitative estimate of drug-likeness (QED) is 0.637. The van der Waals surface area contributed by atoms with Gasteiger partial charge in [0.2, 0.25) is 0 Å². The Morgan fingerprint density at radius 3 is 2.58 bits per heavy atom. The van der Waals surface area contributed by atoms with E-state index in [4.69, 9.17) is 0 Å². The fraction of sp³-hybridized carbons (Fsp3) is 0.273. The highest BCUT2D eigenvalue weighted by molar-refractivity contribution is 7.99. The lowest BCUT2D eigenvalue weighted by molar-refractivity contribution is 1.19. The van der Waals surface area contributed by atoms with E-state index in [0.29, 0.717) is 5.25 Å². The summed E-state index contributed by atoms with van der Waals surface area (Å²) in [6, 6.07) is 8.45. The number of hydrogen-bond acceptors (Lipinski definition) is 1. The zero-order chi connectivity index (χ0) is 8.97. The number of thioether (sulfide) groups is 1. The molecule has 1 heteroatoms. The van der Waals surface area contributed by atoms with Gasteiger partial charge in [0.05, 0.1) is 0 Å². The van der Waals surface area contributed by atoms with Gasteiger partial charge in [-0.3, -0.25) is 0 Å². The molecule has 0 aliphatic heterocycles. The molecule has 0 aliphatic rings. The third-order valence-corrected chi connectivity index (χ3v) is 2.92. The molecule has 1 aromatic rings. The summed E-state index contributed by atoms with van der Waals surface area (Å²) in [6.07, 6.45) is 4.10. The van der Waals surface area contributed by atoms with E-state index in [1.165, 1.54) is 11.1 Å². The Kier molecular flexibility index (Phi) is 3.42. The van der Waals surface area contributed by atoms with Crippen LogP contribution in [-0.4, -0.2) is 6.26 Å². The molecule has 0 saturated carbocycles. The van der Waals surface area contributed by atoms with E-state index in [0.717, 1.165) is 0 Å². The van der Waals surface area contributed by atoms with Crippen LogP contribution in [-0.2, 0) is 0 Å². The summed E-state index contributed by atoms with van der Waals surface area (Å²) in [4.78, 5) is 0. The number of hydrogen-bond donors (Lipinski definition) is 0. The summed E-state index contributed by atoms with van der Waals surface area (Å²) in [5.74, 6) is 0. The molecular formula is C11H14S. The fourth-order valence-electron chi connectivity index (χ4n) is 1.26. The van der Waals surface area contributed by atoms with Crippen LogP contribution in [0.5, 0.6) is 0 Å². The Hall–Kier alpha value is -0.690. The average molecular weight is 178 g/mol. The molecule has 0 heterocycles. The lowest BCUT2D eigenvalue weighted by atomic mass is 10.1. The Morgan fingerprint density at radius 2 is 2.08 bits per heavy atom. The molecule has 1 unspecified atom stereocenters. The van der Waals surface area contributed by atoms with Crippen LogP contribution < -0.4 is 0 Å². The van der Waals surface area contributed by atoms with Gasteiger partial charge in [0, 0.05) is 5.25 Å². The van der Waals surface area contributed by atoms with E-state index < -0.39 is 0 Å². The monoisotopic (exact) mass is 178 g/mol. The van der Waals surface area contributed by atoms with Crippen molar-refractivity contribution in [1.29, 1.82) is 0 Å². The van der Waals surface area contributed by atoms with Gasteiger partial charge in [-0.25, -0.2) is 0 Å². The van der Waals surface area contributed by atoms with Crippen LogP contribution in [0.3, 0.4) is 0 Å². The van der Waals surface area contributed by atoms with E-state index in [1.807, 2.05) is 17.8 Å². The second-order valence-electron chi connectivity index (χ2n) is 2.75. The maximum Gasteiger partial charge on any atom is 0.0474 e. The van der Waals surface area contributed by atoms with Crippen molar-refractivity contribution in [2.24, 2.45) is 0 Å². The van der Waals surface area contributed by atoms with E-state index in [2.05, 4.69) is 44.0 Å². The molecule has 1 rings (SSSR count). The molecule has 0 amide bonds. The van der Waals surface area contributed by atoms with Crippen LogP contribution in [0.25, 0.3) is 0 Å². The molecule has 12 heavy (non-hydrogen) atoms. The first kappa shape index (κ1) is 9.40. The standard InChI is InChI=1S/C11H14S/c1-4-11(12-3)10-8-6-5-7-9(10)2/h4-8,11H,1H2,2-3H3. The van der Waals surface area contributed by atoms with Crippen molar-refractivity contribution in [1.82, 2.24) is 0 Å².